The van der Waals surface area contributed by atoms with Gasteiger partial charge in [-0.25, -0.2) is 0 Å². The maximum atomic E-state index is 9.57. The third-order valence-corrected chi connectivity index (χ3v) is 2.21. The molecule has 0 spiro atoms. The van der Waals surface area contributed by atoms with E-state index < -0.39 is 5.60 Å². The molecule has 0 aromatic carbocycles. The quantitative estimate of drug-likeness (QED) is 0.682. The minimum atomic E-state index is -0.675. The highest BCUT2D eigenvalue weighted by atomic mass is 16.3. The molecule has 2 atom stereocenters. The van der Waals surface area contributed by atoms with Crippen molar-refractivity contribution in [3.05, 3.63) is 0 Å². The molecule has 0 aliphatic heterocycles. The number of rotatable bonds is 4. The lowest BCUT2D eigenvalue weighted by atomic mass is 9.82. The van der Waals surface area contributed by atoms with E-state index in [1.54, 1.807) is 20.8 Å². The average Bonchev–Trinajstić information content (AvgIpc) is 1.79. The molecule has 2 heteroatoms. The summed E-state index contributed by atoms with van der Waals surface area (Å²) in [4.78, 5) is 0. The van der Waals surface area contributed by atoms with Gasteiger partial charge < -0.3 is 10.2 Å². The fraction of sp³-hybridized carbons (Fsp3) is 1.00. The van der Waals surface area contributed by atoms with Gasteiger partial charge in [0.15, 0.2) is 0 Å². The summed E-state index contributed by atoms with van der Waals surface area (Å²) >= 11 is 0. The zero-order valence-corrected chi connectivity index (χ0v) is 8.83. The van der Waals surface area contributed by atoms with Crippen LogP contribution < -0.4 is 0 Å². The standard InChI is InChI=1S/C10H22O2/c1-7(2)9(8(3)11)6-10(4,5)12/h7-9,11-12H,6H2,1-5H3. The third-order valence-electron chi connectivity index (χ3n) is 2.21. The second-order valence-corrected chi connectivity index (χ2v) is 4.67. The van der Waals surface area contributed by atoms with E-state index in [-0.39, 0.29) is 12.0 Å². The Hall–Kier alpha value is -0.0800. The van der Waals surface area contributed by atoms with Crippen LogP contribution in [0.4, 0.5) is 0 Å². The smallest absolute Gasteiger partial charge is 0.0595 e. The lowest BCUT2D eigenvalue weighted by Gasteiger charge is -2.29. The fourth-order valence-corrected chi connectivity index (χ4v) is 1.54. The van der Waals surface area contributed by atoms with Gasteiger partial charge in [0.05, 0.1) is 11.7 Å². The van der Waals surface area contributed by atoms with Crippen molar-refractivity contribution in [2.24, 2.45) is 11.8 Å². The Bertz CT molecular complexity index is 114. The first kappa shape index (κ1) is 11.9. The molecule has 0 saturated carbocycles. The maximum absolute atomic E-state index is 9.57. The van der Waals surface area contributed by atoms with Gasteiger partial charge in [-0.05, 0) is 39.0 Å². The van der Waals surface area contributed by atoms with Crippen molar-refractivity contribution in [2.45, 2.75) is 52.7 Å². The first-order chi connectivity index (χ1) is 5.24. The predicted octanol–water partition coefficient (Wildman–Crippen LogP) is 1.80. The van der Waals surface area contributed by atoms with E-state index in [0.717, 1.165) is 0 Å². The van der Waals surface area contributed by atoms with Crippen LogP contribution in [-0.4, -0.2) is 21.9 Å². The average molecular weight is 174 g/mol. The van der Waals surface area contributed by atoms with Crippen LogP contribution in [-0.2, 0) is 0 Å². The van der Waals surface area contributed by atoms with E-state index in [1.807, 2.05) is 0 Å². The molecular formula is C10H22O2. The Morgan fingerprint density at radius 2 is 1.58 bits per heavy atom. The Morgan fingerprint density at radius 3 is 1.67 bits per heavy atom. The van der Waals surface area contributed by atoms with Gasteiger partial charge in [-0.15, -0.1) is 0 Å². The second-order valence-electron chi connectivity index (χ2n) is 4.67. The van der Waals surface area contributed by atoms with Gasteiger partial charge in [0.2, 0.25) is 0 Å². The molecular weight excluding hydrogens is 152 g/mol. The molecule has 0 aliphatic carbocycles. The van der Waals surface area contributed by atoms with Crippen LogP contribution >= 0.6 is 0 Å². The molecule has 0 aliphatic rings. The van der Waals surface area contributed by atoms with Crippen molar-refractivity contribution in [2.75, 3.05) is 0 Å². The first-order valence-electron chi connectivity index (χ1n) is 4.64. The highest BCUT2D eigenvalue weighted by molar-refractivity contribution is 4.77. The summed E-state index contributed by atoms with van der Waals surface area (Å²) in [6.45, 7) is 9.50. The van der Waals surface area contributed by atoms with Crippen molar-refractivity contribution in [1.29, 1.82) is 0 Å². The maximum Gasteiger partial charge on any atom is 0.0595 e. The molecule has 2 unspecified atom stereocenters. The number of aliphatic hydroxyl groups excluding tert-OH is 1. The minimum Gasteiger partial charge on any atom is -0.393 e. The number of hydrogen-bond donors (Lipinski definition) is 2. The normalized spacial score (nSPS) is 18.0. The monoisotopic (exact) mass is 174 g/mol. The highest BCUT2D eigenvalue weighted by Crippen LogP contribution is 2.25. The van der Waals surface area contributed by atoms with Gasteiger partial charge in [-0.3, -0.25) is 0 Å². The summed E-state index contributed by atoms with van der Waals surface area (Å²) in [5.74, 6) is 0.599. The molecule has 0 amide bonds. The van der Waals surface area contributed by atoms with Gasteiger partial charge in [0, 0.05) is 0 Å². The molecule has 74 valence electrons. The predicted molar refractivity (Wildman–Crippen MR) is 50.9 cm³/mol. The Labute approximate surface area is 75.6 Å². The zero-order chi connectivity index (χ0) is 9.94. The van der Waals surface area contributed by atoms with E-state index in [1.165, 1.54) is 0 Å². The van der Waals surface area contributed by atoms with Crippen LogP contribution in [0.2, 0.25) is 0 Å². The first-order valence-corrected chi connectivity index (χ1v) is 4.64. The van der Waals surface area contributed by atoms with E-state index in [4.69, 9.17) is 0 Å². The van der Waals surface area contributed by atoms with Gasteiger partial charge in [0.1, 0.15) is 0 Å². The highest BCUT2D eigenvalue weighted by Gasteiger charge is 2.26. The summed E-state index contributed by atoms with van der Waals surface area (Å²) in [6.07, 6.45) is 0.318. The van der Waals surface area contributed by atoms with Crippen molar-refractivity contribution in [3.63, 3.8) is 0 Å². The second kappa shape index (κ2) is 4.24. The van der Waals surface area contributed by atoms with Gasteiger partial charge in [-0.1, -0.05) is 13.8 Å². The Balaban J connectivity index is 4.15. The molecule has 0 fully saturated rings. The van der Waals surface area contributed by atoms with E-state index in [0.29, 0.717) is 12.3 Å². The van der Waals surface area contributed by atoms with Crippen molar-refractivity contribution >= 4 is 0 Å². The van der Waals surface area contributed by atoms with Crippen LogP contribution in [0.1, 0.15) is 41.0 Å². The summed E-state index contributed by atoms with van der Waals surface area (Å²) < 4.78 is 0. The Kier molecular flexibility index (Phi) is 4.21. The summed E-state index contributed by atoms with van der Waals surface area (Å²) in [7, 11) is 0. The molecule has 0 saturated heterocycles. The molecule has 12 heavy (non-hydrogen) atoms. The number of hydrogen-bond acceptors (Lipinski definition) is 2. The number of aliphatic hydroxyl groups is 2. The largest absolute Gasteiger partial charge is 0.393 e. The van der Waals surface area contributed by atoms with E-state index >= 15 is 0 Å². The molecule has 0 rings (SSSR count). The summed E-state index contributed by atoms with van der Waals surface area (Å²) in [5, 5.41) is 19.0. The van der Waals surface area contributed by atoms with Crippen molar-refractivity contribution < 1.29 is 10.2 Å². The van der Waals surface area contributed by atoms with Crippen LogP contribution in [0.3, 0.4) is 0 Å². The molecule has 0 aromatic heterocycles. The van der Waals surface area contributed by atoms with Gasteiger partial charge in [-0.2, -0.15) is 0 Å². The van der Waals surface area contributed by atoms with E-state index in [2.05, 4.69) is 13.8 Å². The molecule has 0 aromatic rings. The molecule has 0 bridgehead atoms. The fourth-order valence-electron chi connectivity index (χ4n) is 1.54. The minimum absolute atomic E-state index is 0.185. The van der Waals surface area contributed by atoms with E-state index in [9.17, 15) is 10.2 Å². The van der Waals surface area contributed by atoms with Crippen LogP contribution in [0.25, 0.3) is 0 Å². The van der Waals surface area contributed by atoms with Gasteiger partial charge >= 0.3 is 0 Å². The van der Waals surface area contributed by atoms with Crippen LogP contribution in [0.15, 0.2) is 0 Å². The van der Waals surface area contributed by atoms with Gasteiger partial charge in [0.25, 0.3) is 0 Å². The zero-order valence-electron chi connectivity index (χ0n) is 8.83. The summed E-state index contributed by atoms with van der Waals surface area (Å²) in [5.41, 5.74) is -0.675. The lowest BCUT2D eigenvalue weighted by Crippen LogP contribution is -2.31. The van der Waals surface area contributed by atoms with Crippen molar-refractivity contribution in [3.8, 4) is 0 Å². The van der Waals surface area contributed by atoms with Crippen LogP contribution in [0.5, 0.6) is 0 Å². The molecule has 0 radical (unpaired) electrons. The third kappa shape index (κ3) is 4.73. The molecule has 2 nitrogen and oxygen atoms in total. The topological polar surface area (TPSA) is 40.5 Å². The lowest BCUT2D eigenvalue weighted by molar-refractivity contribution is 0.00380. The molecule has 0 heterocycles. The SMILES string of the molecule is CC(C)C(CC(C)(C)O)C(C)O. The summed E-state index contributed by atoms with van der Waals surface area (Å²) in [6, 6.07) is 0. The van der Waals surface area contributed by atoms with Crippen molar-refractivity contribution in [1.82, 2.24) is 0 Å². The molecule has 2 N–H and O–H groups in total. The van der Waals surface area contributed by atoms with Crippen LogP contribution in [0, 0.1) is 11.8 Å². The Morgan fingerprint density at radius 1 is 1.17 bits per heavy atom.